The van der Waals surface area contributed by atoms with Crippen LogP contribution in [0.3, 0.4) is 0 Å². The van der Waals surface area contributed by atoms with E-state index in [0.717, 1.165) is 6.42 Å². The number of nitrogens with zero attached hydrogens (tertiary/aromatic N) is 1. The van der Waals surface area contributed by atoms with Crippen LogP contribution in [0.1, 0.15) is 13.3 Å². The van der Waals surface area contributed by atoms with Gasteiger partial charge in [0, 0.05) is 5.69 Å². The van der Waals surface area contributed by atoms with Crippen LogP contribution in [-0.2, 0) is 9.59 Å². The Morgan fingerprint density at radius 2 is 2.10 bits per heavy atom. The first-order chi connectivity index (χ1) is 9.96. The Hall–Kier alpha value is -1.79. The largest absolute Gasteiger partial charge is 0.495 e. The zero-order valence-corrected chi connectivity index (χ0v) is 12.8. The number of nitrogens with one attached hydrogen (secondary N) is 1. The van der Waals surface area contributed by atoms with Crippen molar-refractivity contribution in [3.63, 3.8) is 0 Å². The first kappa shape index (κ1) is 17.3. The highest BCUT2D eigenvalue weighted by molar-refractivity contribution is 6.32. The van der Waals surface area contributed by atoms with Gasteiger partial charge in [-0.1, -0.05) is 18.5 Å². The van der Waals surface area contributed by atoms with Gasteiger partial charge in [-0.3, -0.25) is 14.5 Å². The number of carbonyl (C=O) groups is 2. The molecule has 0 fully saturated rings. The average molecular weight is 315 g/mol. The van der Waals surface area contributed by atoms with Crippen LogP contribution in [0.25, 0.3) is 0 Å². The summed E-state index contributed by atoms with van der Waals surface area (Å²) in [7, 11) is 1.51. The Morgan fingerprint density at radius 1 is 1.38 bits per heavy atom. The molecule has 0 unspecified atom stereocenters. The second-order valence-corrected chi connectivity index (χ2v) is 4.91. The number of rotatable bonds is 8. The van der Waals surface area contributed by atoms with Crippen molar-refractivity contribution in [1.29, 1.82) is 0 Å². The summed E-state index contributed by atoms with van der Waals surface area (Å²) in [6, 6.07) is 4.91. The topological polar surface area (TPSA) is 78.9 Å². The lowest BCUT2D eigenvalue weighted by Crippen LogP contribution is -2.37. The summed E-state index contributed by atoms with van der Waals surface area (Å²) in [5.41, 5.74) is 0.539. The Kier molecular flexibility index (Phi) is 6.98. The van der Waals surface area contributed by atoms with E-state index in [1.54, 1.807) is 23.1 Å². The average Bonchev–Trinajstić information content (AvgIpc) is 2.38. The molecule has 1 amide bonds. The molecule has 2 N–H and O–H groups in total. The van der Waals surface area contributed by atoms with Crippen LogP contribution in [0.4, 0.5) is 5.69 Å². The Labute approximate surface area is 128 Å². The molecule has 0 saturated heterocycles. The van der Waals surface area contributed by atoms with E-state index in [1.165, 1.54) is 7.11 Å². The first-order valence-corrected chi connectivity index (χ1v) is 6.91. The van der Waals surface area contributed by atoms with Crippen LogP contribution in [0.2, 0.25) is 5.02 Å². The number of benzene rings is 1. The lowest BCUT2D eigenvalue weighted by Gasteiger charge is -2.18. The molecule has 0 aliphatic carbocycles. The molecular formula is C14H19ClN2O4. The summed E-state index contributed by atoms with van der Waals surface area (Å²) in [6.07, 6.45) is 0.773. The minimum atomic E-state index is -0.955. The summed E-state index contributed by atoms with van der Waals surface area (Å²) in [5, 5.41) is 11.9. The summed E-state index contributed by atoms with van der Waals surface area (Å²) in [6.45, 7) is 2.33. The van der Waals surface area contributed by atoms with E-state index in [9.17, 15) is 9.59 Å². The third-order valence-electron chi connectivity index (χ3n) is 2.70. The minimum absolute atomic E-state index is 0.0176. The number of ether oxygens (including phenoxy) is 1. The fourth-order valence-corrected chi connectivity index (χ4v) is 2.13. The molecule has 0 aromatic heterocycles. The number of amides is 1. The number of carbonyl (C=O) groups excluding carboxylic acids is 1. The molecule has 6 nitrogen and oxygen atoms in total. The summed E-state index contributed by atoms with van der Waals surface area (Å²) >= 11 is 5.97. The fourth-order valence-electron chi connectivity index (χ4n) is 1.87. The third-order valence-corrected chi connectivity index (χ3v) is 3.00. The van der Waals surface area contributed by atoms with Gasteiger partial charge < -0.3 is 15.2 Å². The molecule has 0 atom stereocenters. The van der Waals surface area contributed by atoms with Crippen molar-refractivity contribution in [3.8, 4) is 5.75 Å². The summed E-state index contributed by atoms with van der Waals surface area (Å²) in [5.74, 6) is -0.720. The maximum absolute atomic E-state index is 11.9. The van der Waals surface area contributed by atoms with Gasteiger partial charge in [-0.25, -0.2) is 0 Å². The van der Waals surface area contributed by atoms with Gasteiger partial charge in [0.15, 0.2) is 0 Å². The summed E-state index contributed by atoms with van der Waals surface area (Å²) < 4.78 is 5.03. The monoisotopic (exact) mass is 314 g/mol. The standard InChI is InChI=1S/C14H19ClN2O4/c1-3-6-17(9-14(19)20)8-13(18)16-10-4-5-12(21-2)11(15)7-10/h4-5,7H,3,6,8-9H2,1-2H3,(H,16,18)(H,19,20). The van der Waals surface area contributed by atoms with E-state index in [2.05, 4.69) is 5.32 Å². The molecule has 0 aliphatic heterocycles. The Morgan fingerprint density at radius 3 is 2.62 bits per heavy atom. The highest BCUT2D eigenvalue weighted by Crippen LogP contribution is 2.27. The molecule has 116 valence electrons. The molecule has 0 saturated carbocycles. The van der Waals surface area contributed by atoms with Gasteiger partial charge in [0.25, 0.3) is 0 Å². The number of hydrogen-bond acceptors (Lipinski definition) is 4. The smallest absolute Gasteiger partial charge is 0.317 e. The van der Waals surface area contributed by atoms with Gasteiger partial charge in [-0.05, 0) is 31.2 Å². The number of methoxy groups -OCH3 is 1. The SMILES string of the molecule is CCCN(CC(=O)O)CC(=O)Nc1ccc(OC)c(Cl)c1. The molecule has 0 bridgehead atoms. The zero-order valence-electron chi connectivity index (χ0n) is 12.1. The van der Waals surface area contributed by atoms with Crippen LogP contribution in [0.5, 0.6) is 5.75 Å². The number of anilines is 1. The molecule has 0 spiro atoms. The number of carboxylic acids is 1. The molecule has 0 heterocycles. The second-order valence-electron chi connectivity index (χ2n) is 4.50. The van der Waals surface area contributed by atoms with E-state index in [-0.39, 0.29) is 19.0 Å². The molecule has 21 heavy (non-hydrogen) atoms. The molecule has 0 aliphatic rings. The number of aliphatic carboxylic acids is 1. The summed E-state index contributed by atoms with van der Waals surface area (Å²) in [4.78, 5) is 24.2. The zero-order chi connectivity index (χ0) is 15.8. The van der Waals surface area contributed by atoms with E-state index >= 15 is 0 Å². The predicted molar refractivity (Wildman–Crippen MR) is 81.0 cm³/mol. The van der Waals surface area contributed by atoms with Crippen LogP contribution < -0.4 is 10.1 Å². The van der Waals surface area contributed by atoms with Crippen LogP contribution in [0, 0.1) is 0 Å². The molecule has 1 aromatic rings. The van der Waals surface area contributed by atoms with Gasteiger partial charge in [-0.15, -0.1) is 0 Å². The molecular weight excluding hydrogens is 296 g/mol. The van der Waals surface area contributed by atoms with E-state index < -0.39 is 5.97 Å². The molecule has 0 radical (unpaired) electrons. The maximum atomic E-state index is 11.9. The van der Waals surface area contributed by atoms with Crippen LogP contribution >= 0.6 is 11.6 Å². The van der Waals surface area contributed by atoms with Gasteiger partial charge in [0.1, 0.15) is 5.75 Å². The van der Waals surface area contributed by atoms with Gasteiger partial charge in [-0.2, -0.15) is 0 Å². The number of halogens is 1. The van der Waals surface area contributed by atoms with Crippen molar-refractivity contribution in [1.82, 2.24) is 4.90 Å². The highest BCUT2D eigenvalue weighted by atomic mass is 35.5. The minimum Gasteiger partial charge on any atom is -0.495 e. The van der Waals surface area contributed by atoms with Crippen molar-refractivity contribution >= 4 is 29.2 Å². The van der Waals surface area contributed by atoms with Gasteiger partial charge in [0.2, 0.25) is 5.91 Å². The van der Waals surface area contributed by atoms with Crippen molar-refractivity contribution in [2.45, 2.75) is 13.3 Å². The lowest BCUT2D eigenvalue weighted by molar-refractivity contribution is -0.138. The number of hydrogen-bond donors (Lipinski definition) is 2. The van der Waals surface area contributed by atoms with Crippen molar-refractivity contribution in [3.05, 3.63) is 23.2 Å². The van der Waals surface area contributed by atoms with Crippen LogP contribution in [0.15, 0.2) is 18.2 Å². The second kappa shape index (κ2) is 8.49. The number of carboxylic acid groups (broad SMARTS) is 1. The molecule has 1 rings (SSSR count). The highest BCUT2D eigenvalue weighted by Gasteiger charge is 2.13. The Balaban J connectivity index is 2.62. The van der Waals surface area contributed by atoms with Gasteiger partial charge in [0.05, 0.1) is 25.2 Å². The van der Waals surface area contributed by atoms with Crippen molar-refractivity contribution in [2.75, 3.05) is 32.1 Å². The normalized spacial score (nSPS) is 10.5. The first-order valence-electron chi connectivity index (χ1n) is 6.53. The van der Waals surface area contributed by atoms with E-state index in [1.807, 2.05) is 6.92 Å². The van der Waals surface area contributed by atoms with E-state index in [4.69, 9.17) is 21.4 Å². The van der Waals surface area contributed by atoms with Gasteiger partial charge >= 0.3 is 5.97 Å². The van der Waals surface area contributed by atoms with Crippen LogP contribution in [-0.4, -0.2) is 48.6 Å². The Bertz CT molecular complexity index is 508. The van der Waals surface area contributed by atoms with Crippen molar-refractivity contribution < 1.29 is 19.4 Å². The lowest BCUT2D eigenvalue weighted by atomic mass is 10.3. The quantitative estimate of drug-likeness (QED) is 0.768. The third kappa shape index (κ3) is 6.01. The fraction of sp³-hybridized carbons (Fsp3) is 0.429. The molecule has 1 aromatic carbocycles. The van der Waals surface area contributed by atoms with E-state index in [0.29, 0.717) is 23.0 Å². The van der Waals surface area contributed by atoms with Crippen molar-refractivity contribution in [2.24, 2.45) is 0 Å². The maximum Gasteiger partial charge on any atom is 0.317 e. The molecule has 7 heteroatoms. The predicted octanol–water partition coefficient (Wildman–Crippen LogP) is 2.08.